The molecule has 1 aromatic rings. The summed E-state index contributed by atoms with van der Waals surface area (Å²) < 4.78 is 38.8. The number of rotatable bonds is 5. The standard InChI is InChI=1S/C13H13F3N2O2/c1-9(12(19)20)8-18(7-6-17)11-5-3-2-4-10(11)13(14,15)16/h2-5,9H,7-8H2,1H3,(H,19,20). The van der Waals surface area contributed by atoms with Crippen LogP contribution in [-0.2, 0) is 11.0 Å². The van der Waals surface area contributed by atoms with E-state index in [0.29, 0.717) is 0 Å². The Labute approximate surface area is 114 Å². The van der Waals surface area contributed by atoms with Gasteiger partial charge in [0.1, 0.15) is 6.54 Å². The highest BCUT2D eigenvalue weighted by atomic mass is 19.4. The molecule has 1 atom stereocenters. The minimum Gasteiger partial charge on any atom is -0.481 e. The molecule has 0 aromatic heterocycles. The topological polar surface area (TPSA) is 64.3 Å². The first kappa shape index (κ1) is 15.8. The molecule has 1 N–H and O–H groups in total. The number of hydrogen-bond donors (Lipinski definition) is 1. The maximum Gasteiger partial charge on any atom is 0.418 e. The molecule has 0 heterocycles. The molecule has 108 valence electrons. The molecule has 4 nitrogen and oxygen atoms in total. The molecule has 0 bridgehead atoms. The van der Waals surface area contributed by atoms with E-state index < -0.39 is 23.6 Å². The Morgan fingerprint density at radius 3 is 2.55 bits per heavy atom. The van der Waals surface area contributed by atoms with Crippen LogP contribution in [0.15, 0.2) is 24.3 Å². The Morgan fingerprint density at radius 1 is 1.45 bits per heavy atom. The highest BCUT2D eigenvalue weighted by Gasteiger charge is 2.35. The van der Waals surface area contributed by atoms with Crippen LogP contribution in [0.25, 0.3) is 0 Å². The molecule has 0 saturated carbocycles. The molecule has 0 spiro atoms. The number of carboxylic acids is 1. The number of alkyl halides is 3. The van der Waals surface area contributed by atoms with Crippen molar-refractivity contribution in [1.29, 1.82) is 5.26 Å². The van der Waals surface area contributed by atoms with Crippen molar-refractivity contribution in [3.8, 4) is 6.07 Å². The summed E-state index contributed by atoms with van der Waals surface area (Å²) in [5.74, 6) is -2.01. The van der Waals surface area contributed by atoms with Gasteiger partial charge in [0.25, 0.3) is 0 Å². The fourth-order valence-electron chi connectivity index (χ4n) is 1.73. The lowest BCUT2D eigenvalue weighted by Crippen LogP contribution is -2.33. The number of aliphatic carboxylic acids is 1. The maximum absolute atomic E-state index is 12.9. The summed E-state index contributed by atoms with van der Waals surface area (Å²) in [6.07, 6.45) is -4.56. The number of hydrogen-bond acceptors (Lipinski definition) is 3. The molecule has 0 aliphatic heterocycles. The highest BCUT2D eigenvalue weighted by molar-refractivity contribution is 5.71. The molecule has 1 rings (SSSR count). The van der Waals surface area contributed by atoms with E-state index in [4.69, 9.17) is 10.4 Å². The van der Waals surface area contributed by atoms with Crippen molar-refractivity contribution in [2.75, 3.05) is 18.0 Å². The Morgan fingerprint density at radius 2 is 2.05 bits per heavy atom. The van der Waals surface area contributed by atoms with Crippen molar-refractivity contribution in [2.45, 2.75) is 13.1 Å². The van der Waals surface area contributed by atoms with Gasteiger partial charge >= 0.3 is 12.1 Å². The van der Waals surface area contributed by atoms with E-state index in [1.165, 1.54) is 25.1 Å². The molecule has 7 heteroatoms. The van der Waals surface area contributed by atoms with E-state index in [2.05, 4.69) is 0 Å². The van der Waals surface area contributed by atoms with E-state index in [1.54, 1.807) is 6.07 Å². The monoisotopic (exact) mass is 286 g/mol. The third-order valence-corrected chi connectivity index (χ3v) is 2.73. The van der Waals surface area contributed by atoms with Crippen LogP contribution in [-0.4, -0.2) is 24.2 Å². The fourth-order valence-corrected chi connectivity index (χ4v) is 1.73. The fraction of sp³-hybridized carbons (Fsp3) is 0.385. The second-order valence-corrected chi connectivity index (χ2v) is 4.29. The van der Waals surface area contributed by atoms with Crippen molar-refractivity contribution in [3.63, 3.8) is 0 Å². The molecule has 0 fully saturated rings. The van der Waals surface area contributed by atoms with E-state index >= 15 is 0 Å². The Kier molecular flexibility index (Phi) is 4.97. The smallest absolute Gasteiger partial charge is 0.418 e. The average Bonchev–Trinajstić information content (AvgIpc) is 2.37. The molecule has 0 radical (unpaired) electrons. The summed E-state index contributed by atoms with van der Waals surface area (Å²) >= 11 is 0. The van der Waals surface area contributed by atoms with Gasteiger partial charge in [-0.25, -0.2) is 0 Å². The van der Waals surface area contributed by atoms with Crippen molar-refractivity contribution in [3.05, 3.63) is 29.8 Å². The first-order valence-electron chi connectivity index (χ1n) is 5.78. The SMILES string of the molecule is CC(CN(CC#N)c1ccccc1C(F)(F)F)C(=O)O. The lowest BCUT2D eigenvalue weighted by Gasteiger charge is -2.26. The number of carbonyl (C=O) groups is 1. The predicted octanol–water partition coefficient (Wildman–Crippen LogP) is 2.76. The second kappa shape index (κ2) is 6.28. The number of anilines is 1. The molecule has 1 unspecified atom stereocenters. The molecular formula is C13H13F3N2O2. The molecule has 20 heavy (non-hydrogen) atoms. The van der Waals surface area contributed by atoms with Crippen LogP contribution in [0.3, 0.4) is 0 Å². The number of carboxylic acid groups (broad SMARTS) is 1. The molecule has 0 aliphatic rings. The Hall–Kier alpha value is -2.23. The summed E-state index contributed by atoms with van der Waals surface area (Å²) in [4.78, 5) is 11.9. The lowest BCUT2D eigenvalue weighted by atomic mass is 10.1. The first-order valence-corrected chi connectivity index (χ1v) is 5.78. The van der Waals surface area contributed by atoms with Gasteiger partial charge in [0, 0.05) is 12.2 Å². The van der Waals surface area contributed by atoms with Gasteiger partial charge in [-0.15, -0.1) is 0 Å². The van der Waals surface area contributed by atoms with Crippen LogP contribution in [0.5, 0.6) is 0 Å². The minimum absolute atomic E-state index is 0.171. The van der Waals surface area contributed by atoms with E-state index in [1.807, 2.05) is 0 Å². The predicted molar refractivity (Wildman–Crippen MR) is 66.1 cm³/mol. The second-order valence-electron chi connectivity index (χ2n) is 4.29. The summed E-state index contributed by atoms with van der Waals surface area (Å²) in [5.41, 5.74) is -1.07. The van der Waals surface area contributed by atoms with Gasteiger partial charge in [-0.05, 0) is 12.1 Å². The van der Waals surface area contributed by atoms with Crippen molar-refractivity contribution >= 4 is 11.7 Å². The van der Waals surface area contributed by atoms with Crippen LogP contribution >= 0.6 is 0 Å². The van der Waals surface area contributed by atoms with Gasteiger partial charge < -0.3 is 10.0 Å². The zero-order chi connectivity index (χ0) is 15.3. The van der Waals surface area contributed by atoms with Gasteiger partial charge in [-0.1, -0.05) is 19.1 Å². The van der Waals surface area contributed by atoms with Crippen LogP contribution in [0.2, 0.25) is 0 Å². The highest BCUT2D eigenvalue weighted by Crippen LogP contribution is 2.36. The zero-order valence-electron chi connectivity index (χ0n) is 10.7. The van der Waals surface area contributed by atoms with Gasteiger partial charge in [0.2, 0.25) is 0 Å². The van der Waals surface area contributed by atoms with Gasteiger partial charge in [-0.3, -0.25) is 4.79 Å². The minimum atomic E-state index is -4.56. The molecule has 0 saturated heterocycles. The zero-order valence-corrected chi connectivity index (χ0v) is 10.7. The average molecular weight is 286 g/mol. The normalized spacial score (nSPS) is 12.6. The Bertz CT molecular complexity index is 523. The van der Waals surface area contributed by atoms with Gasteiger partial charge in [0.15, 0.2) is 0 Å². The third-order valence-electron chi connectivity index (χ3n) is 2.73. The van der Waals surface area contributed by atoms with Crippen molar-refractivity contribution < 1.29 is 23.1 Å². The molecule has 0 amide bonds. The van der Waals surface area contributed by atoms with Crippen LogP contribution < -0.4 is 4.90 Å². The Balaban J connectivity index is 3.16. The van der Waals surface area contributed by atoms with E-state index in [9.17, 15) is 18.0 Å². The van der Waals surface area contributed by atoms with Crippen molar-refractivity contribution in [1.82, 2.24) is 0 Å². The summed E-state index contributed by atoms with van der Waals surface area (Å²) in [7, 11) is 0. The number of nitriles is 1. The van der Waals surface area contributed by atoms with Crippen LogP contribution in [0.1, 0.15) is 12.5 Å². The summed E-state index contributed by atoms with van der Waals surface area (Å²) in [6, 6.07) is 6.56. The van der Waals surface area contributed by atoms with Crippen LogP contribution in [0, 0.1) is 17.2 Å². The summed E-state index contributed by atoms with van der Waals surface area (Å²) in [6.45, 7) is 0.892. The number of benzene rings is 1. The van der Waals surface area contributed by atoms with E-state index in [-0.39, 0.29) is 18.8 Å². The maximum atomic E-state index is 12.9. The number of para-hydroxylation sites is 1. The summed E-state index contributed by atoms with van der Waals surface area (Å²) in [5, 5.41) is 17.6. The molecule has 0 aliphatic carbocycles. The van der Waals surface area contributed by atoms with Gasteiger partial charge in [-0.2, -0.15) is 18.4 Å². The largest absolute Gasteiger partial charge is 0.481 e. The van der Waals surface area contributed by atoms with Crippen molar-refractivity contribution in [2.24, 2.45) is 5.92 Å². The number of halogens is 3. The lowest BCUT2D eigenvalue weighted by molar-refractivity contribution is -0.140. The molecular weight excluding hydrogens is 273 g/mol. The molecule has 1 aromatic carbocycles. The van der Waals surface area contributed by atoms with Gasteiger partial charge in [0.05, 0.1) is 17.6 Å². The number of nitrogens with zero attached hydrogens (tertiary/aromatic N) is 2. The van der Waals surface area contributed by atoms with Crippen LogP contribution in [0.4, 0.5) is 18.9 Å². The first-order chi connectivity index (χ1) is 9.27. The quantitative estimate of drug-likeness (QED) is 0.845. The van der Waals surface area contributed by atoms with E-state index in [0.717, 1.165) is 11.0 Å². The third kappa shape index (κ3) is 3.88.